The fourth-order valence-electron chi connectivity index (χ4n) is 4.45. The minimum Gasteiger partial charge on any atom is -0.377 e. The van der Waals surface area contributed by atoms with Gasteiger partial charge in [0.25, 0.3) is 0 Å². The number of fused-ring (bicyclic) bond motifs is 1. The first-order chi connectivity index (χ1) is 16.9. The van der Waals surface area contributed by atoms with E-state index in [0.29, 0.717) is 57.2 Å². The van der Waals surface area contributed by atoms with Gasteiger partial charge in [-0.2, -0.15) is 0 Å². The number of nitrogens with zero attached hydrogens (tertiary/aromatic N) is 4. The number of hydrogen-bond acceptors (Lipinski definition) is 7. The van der Waals surface area contributed by atoms with Crippen molar-refractivity contribution in [1.29, 1.82) is 0 Å². The van der Waals surface area contributed by atoms with Crippen molar-refractivity contribution in [2.75, 3.05) is 43.1 Å². The molecular formula is C25H35N7O3. The molecule has 1 fully saturated rings. The Kier molecular flexibility index (Phi) is 7.82. The number of nitrogens with two attached hydrogens (primary N) is 1. The van der Waals surface area contributed by atoms with Gasteiger partial charge in [-0.25, -0.2) is 14.8 Å². The van der Waals surface area contributed by atoms with Gasteiger partial charge in [-0.3, -0.25) is 4.79 Å². The number of nitrogens with one attached hydrogen (secondary N) is 2. The third kappa shape index (κ3) is 5.54. The highest BCUT2D eigenvalue weighted by Gasteiger charge is 2.31. The van der Waals surface area contributed by atoms with Gasteiger partial charge in [0, 0.05) is 36.4 Å². The summed E-state index contributed by atoms with van der Waals surface area (Å²) in [6.45, 7) is 9.54. The van der Waals surface area contributed by atoms with Crippen molar-refractivity contribution < 1.29 is 14.3 Å². The summed E-state index contributed by atoms with van der Waals surface area (Å²) in [6.07, 6.45) is 1.29. The predicted molar refractivity (Wildman–Crippen MR) is 135 cm³/mol. The second-order valence-corrected chi connectivity index (χ2v) is 9.00. The van der Waals surface area contributed by atoms with Crippen LogP contribution in [0, 0.1) is 0 Å². The Morgan fingerprint density at radius 2 is 1.97 bits per heavy atom. The van der Waals surface area contributed by atoms with Crippen LogP contribution in [0.4, 0.5) is 16.3 Å². The van der Waals surface area contributed by atoms with Gasteiger partial charge in [0.1, 0.15) is 5.82 Å². The number of benzene rings is 1. The molecular weight excluding hydrogens is 446 g/mol. The van der Waals surface area contributed by atoms with Crippen molar-refractivity contribution >= 4 is 23.4 Å². The van der Waals surface area contributed by atoms with E-state index in [0.717, 1.165) is 29.2 Å². The Hall–Kier alpha value is -3.24. The molecule has 4 N–H and O–H groups in total. The summed E-state index contributed by atoms with van der Waals surface area (Å²) in [7, 11) is 0. The first-order valence-electron chi connectivity index (χ1n) is 12.3. The van der Waals surface area contributed by atoms with Crippen molar-refractivity contribution in [3.8, 4) is 11.4 Å². The molecule has 0 unspecified atom stereocenters. The second-order valence-electron chi connectivity index (χ2n) is 9.00. The van der Waals surface area contributed by atoms with E-state index in [1.165, 1.54) is 0 Å². The summed E-state index contributed by atoms with van der Waals surface area (Å²) in [4.78, 5) is 38.6. The average molecular weight is 482 g/mol. The highest BCUT2D eigenvalue weighted by molar-refractivity contribution is 5.89. The SMILES string of the molecule is CCNC(=O)Nc1ccc(-c2nc3c(c(N4CCOC[C@@H]4C)n2)CCN(C(=O)[C@@H](N)CC)C3)cc1. The Morgan fingerprint density at radius 3 is 2.66 bits per heavy atom. The highest BCUT2D eigenvalue weighted by atomic mass is 16.5. The molecule has 1 aromatic heterocycles. The Morgan fingerprint density at radius 1 is 1.20 bits per heavy atom. The van der Waals surface area contributed by atoms with Crippen LogP contribution in [0.25, 0.3) is 11.4 Å². The van der Waals surface area contributed by atoms with Gasteiger partial charge in [0.2, 0.25) is 5.91 Å². The molecule has 0 bridgehead atoms. The van der Waals surface area contributed by atoms with Crippen LogP contribution in [0.5, 0.6) is 0 Å². The third-order valence-electron chi connectivity index (χ3n) is 6.49. The number of amides is 3. The predicted octanol–water partition coefficient (Wildman–Crippen LogP) is 2.13. The summed E-state index contributed by atoms with van der Waals surface area (Å²) in [5, 5.41) is 5.52. The van der Waals surface area contributed by atoms with E-state index >= 15 is 0 Å². The van der Waals surface area contributed by atoms with Gasteiger partial charge in [0.05, 0.1) is 37.5 Å². The average Bonchev–Trinajstić information content (AvgIpc) is 2.87. The number of ether oxygens (including phenoxy) is 1. The molecule has 0 saturated carbocycles. The van der Waals surface area contributed by atoms with Gasteiger partial charge < -0.3 is 30.9 Å². The summed E-state index contributed by atoms with van der Waals surface area (Å²) in [5.74, 6) is 1.47. The fraction of sp³-hybridized carbons (Fsp3) is 0.520. The van der Waals surface area contributed by atoms with Gasteiger partial charge in [-0.15, -0.1) is 0 Å². The van der Waals surface area contributed by atoms with E-state index in [4.69, 9.17) is 20.4 Å². The van der Waals surface area contributed by atoms with Crippen molar-refractivity contribution in [2.24, 2.45) is 5.73 Å². The van der Waals surface area contributed by atoms with Crippen LogP contribution in [0.3, 0.4) is 0 Å². The molecule has 1 aromatic carbocycles. The number of carbonyl (C=O) groups is 2. The molecule has 10 nitrogen and oxygen atoms in total. The van der Waals surface area contributed by atoms with Crippen LogP contribution in [0.2, 0.25) is 0 Å². The maximum atomic E-state index is 12.8. The number of rotatable bonds is 6. The molecule has 1 saturated heterocycles. The van der Waals surface area contributed by atoms with Crippen LogP contribution < -0.4 is 21.3 Å². The van der Waals surface area contributed by atoms with E-state index in [-0.39, 0.29) is 18.0 Å². The lowest BCUT2D eigenvalue weighted by Gasteiger charge is -2.38. The molecule has 0 radical (unpaired) electrons. The standard InChI is InChI=1S/C25H35N7O3/c1-4-20(26)24(33)31-11-10-19-21(14-31)29-22(30-23(19)32-12-13-35-15-16(32)3)17-6-8-18(9-7-17)28-25(34)27-5-2/h6-9,16,20H,4-5,10-15,26H2,1-3H3,(H2,27,28,34)/t16-,20-/m0/s1. The Balaban J connectivity index is 1.68. The number of aromatic nitrogens is 2. The Bertz CT molecular complexity index is 1060. The van der Waals surface area contributed by atoms with Crippen LogP contribution >= 0.6 is 0 Å². The minimum absolute atomic E-state index is 0.0413. The van der Waals surface area contributed by atoms with E-state index < -0.39 is 6.04 Å². The van der Waals surface area contributed by atoms with Crippen molar-refractivity contribution in [2.45, 2.75) is 52.2 Å². The first kappa shape index (κ1) is 24.9. The zero-order chi connectivity index (χ0) is 24.9. The Labute approximate surface area is 206 Å². The normalized spacial score (nSPS) is 18.6. The van der Waals surface area contributed by atoms with Crippen molar-refractivity contribution in [3.63, 3.8) is 0 Å². The van der Waals surface area contributed by atoms with Crippen molar-refractivity contribution in [3.05, 3.63) is 35.5 Å². The zero-order valence-electron chi connectivity index (χ0n) is 20.7. The summed E-state index contributed by atoms with van der Waals surface area (Å²) in [6, 6.07) is 6.90. The van der Waals surface area contributed by atoms with Crippen LogP contribution in [-0.4, -0.2) is 71.7 Å². The molecule has 2 aliphatic rings. The van der Waals surface area contributed by atoms with Crippen LogP contribution in [-0.2, 0) is 22.5 Å². The number of carbonyl (C=O) groups excluding carboxylic acids is 2. The molecule has 0 spiro atoms. The molecule has 0 aliphatic carbocycles. The second kappa shape index (κ2) is 11.0. The molecule has 2 aliphatic heterocycles. The largest absolute Gasteiger partial charge is 0.377 e. The van der Waals surface area contributed by atoms with E-state index in [1.807, 2.05) is 38.1 Å². The maximum Gasteiger partial charge on any atom is 0.319 e. The number of anilines is 2. The monoisotopic (exact) mass is 481 g/mol. The van der Waals surface area contributed by atoms with Crippen LogP contribution in [0.15, 0.2) is 24.3 Å². The fourth-order valence-corrected chi connectivity index (χ4v) is 4.45. The first-order valence-corrected chi connectivity index (χ1v) is 12.3. The smallest absolute Gasteiger partial charge is 0.319 e. The maximum absolute atomic E-state index is 12.8. The minimum atomic E-state index is -0.499. The van der Waals surface area contributed by atoms with Gasteiger partial charge >= 0.3 is 6.03 Å². The quantitative estimate of drug-likeness (QED) is 0.577. The van der Waals surface area contributed by atoms with Gasteiger partial charge in [-0.1, -0.05) is 6.92 Å². The lowest BCUT2D eigenvalue weighted by Crippen LogP contribution is -2.47. The lowest BCUT2D eigenvalue weighted by molar-refractivity contribution is -0.133. The molecule has 2 atom stereocenters. The molecule has 188 valence electrons. The molecule has 35 heavy (non-hydrogen) atoms. The van der Waals surface area contributed by atoms with E-state index in [1.54, 1.807) is 4.90 Å². The van der Waals surface area contributed by atoms with E-state index in [9.17, 15) is 9.59 Å². The van der Waals surface area contributed by atoms with Crippen molar-refractivity contribution in [1.82, 2.24) is 20.2 Å². The summed E-state index contributed by atoms with van der Waals surface area (Å²) < 4.78 is 5.65. The topological polar surface area (TPSA) is 126 Å². The lowest BCUT2D eigenvalue weighted by atomic mass is 10.0. The number of urea groups is 1. The molecule has 4 rings (SSSR count). The molecule has 10 heteroatoms. The van der Waals surface area contributed by atoms with Gasteiger partial charge in [0.15, 0.2) is 5.82 Å². The number of morpholine rings is 1. The summed E-state index contributed by atoms with van der Waals surface area (Å²) in [5.41, 5.74) is 9.51. The zero-order valence-corrected chi connectivity index (χ0v) is 20.7. The third-order valence-corrected chi connectivity index (χ3v) is 6.49. The van der Waals surface area contributed by atoms with Crippen LogP contribution in [0.1, 0.15) is 38.4 Å². The number of hydrogen-bond donors (Lipinski definition) is 3. The molecule has 3 heterocycles. The molecule has 3 amide bonds. The van der Waals surface area contributed by atoms with E-state index in [2.05, 4.69) is 22.5 Å². The highest BCUT2D eigenvalue weighted by Crippen LogP contribution is 2.32. The summed E-state index contributed by atoms with van der Waals surface area (Å²) >= 11 is 0. The molecule has 2 aromatic rings. The van der Waals surface area contributed by atoms with Gasteiger partial charge in [-0.05, 0) is 51.0 Å².